The molecule has 1 saturated heterocycles. The molecule has 0 bridgehead atoms. The molecule has 1 amide bonds. The lowest BCUT2D eigenvalue weighted by atomic mass is 9.98. The predicted molar refractivity (Wildman–Crippen MR) is 115 cm³/mol. The van der Waals surface area contributed by atoms with Gasteiger partial charge in [-0.15, -0.1) is 0 Å². The van der Waals surface area contributed by atoms with Gasteiger partial charge < -0.3 is 24.2 Å². The molecule has 2 aromatic heterocycles. The monoisotopic (exact) mass is 422 g/mol. The van der Waals surface area contributed by atoms with Crippen LogP contribution >= 0.6 is 0 Å². The van der Waals surface area contributed by atoms with E-state index in [1.165, 1.54) is 11.0 Å². The predicted octanol–water partition coefficient (Wildman–Crippen LogP) is -0.0271. The van der Waals surface area contributed by atoms with Crippen molar-refractivity contribution in [2.45, 2.75) is 12.8 Å². The number of phenolic OH excluding ortho intramolecular Hbond substituents is 1. The van der Waals surface area contributed by atoms with Crippen LogP contribution in [0.4, 0.5) is 11.6 Å². The molecule has 0 atom stereocenters. The van der Waals surface area contributed by atoms with E-state index in [2.05, 4.69) is 14.9 Å². The first-order chi connectivity index (χ1) is 15.1. The van der Waals surface area contributed by atoms with Crippen molar-refractivity contribution >= 4 is 28.5 Å². The second kappa shape index (κ2) is 7.99. The summed E-state index contributed by atoms with van der Waals surface area (Å²) in [6, 6.07) is 6.47. The van der Waals surface area contributed by atoms with Crippen molar-refractivity contribution in [3.05, 3.63) is 52.6 Å². The van der Waals surface area contributed by atoms with E-state index in [1.54, 1.807) is 35.5 Å². The standard InChI is InChI=1S/C22H23N5O4/c28-15-4-5-18-17(13-15)16-3-1-8-27(20(16)21(30)31-18)19(29)14-25-9-11-26(12-10-25)22-23-6-2-7-24-22/h2,4-7,13,28H,1,3,8-12,14H2/p+1. The number of aromatic hydroxyl groups is 1. The normalized spacial score (nSPS) is 17.0. The third-order valence-corrected chi connectivity index (χ3v) is 6.06. The highest BCUT2D eigenvalue weighted by atomic mass is 16.4. The van der Waals surface area contributed by atoms with Gasteiger partial charge in [0.25, 0.3) is 5.91 Å². The Balaban J connectivity index is 1.33. The SMILES string of the molecule is O=C(C[NH+]1CCN(c2ncccn2)CC1)N1CCCc2c1c(=O)oc1ccc(O)cc21. The first kappa shape index (κ1) is 19.5. The van der Waals surface area contributed by atoms with Crippen LogP contribution in [0.25, 0.3) is 11.0 Å². The molecule has 2 aliphatic heterocycles. The molecule has 4 heterocycles. The number of anilines is 2. The van der Waals surface area contributed by atoms with Gasteiger partial charge in [0.1, 0.15) is 17.0 Å². The highest BCUT2D eigenvalue weighted by Crippen LogP contribution is 2.32. The van der Waals surface area contributed by atoms with Gasteiger partial charge in [-0.25, -0.2) is 14.8 Å². The molecule has 31 heavy (non-hydrogen) atoms. The molecule has 1 fully saturated rings. The van der Waals surface area contributed by atoms with Gasteiger partial charge in [-0.1, -0.05) is 0 Å². The fourth-order valence-corrected chi connectivity index (χ4v) is 4.51. The Labute approximate surface area is 178 Å². The number of quaternary nitrogens is 1. The maximum absolute atomic E-state index is 13.2. The molecule has 0 saturated carbocycles. The zero-order valence-electron chi connectivity index (χ0n) is 17.1. The summed E-state index contributed by atoms with van der Waals surface area (Å²) in [4.78, 5) is 39.4. The molecule has 160 valence electrons. The maximum Gasteiger partial charge on any atom is 0.360 e. The Kier molecular flexibility index (Phi) is 5.03. The molecule has 2 N–H and O–H groups in total. The van der Waals surface area contributed by atoms with Crippen molar-refractivity contribution in [3.8, 4) is 5.75 Å². The van der Waals surface area contributed by atoms with E-state index in [0.29, 0.717) is 42.1 Å². The largest absolute Gasteiger partial charge is 0.508 e. The first-order valence-electron chi connectivity index (χ1n) is 10.5. The number of carbonyl (C=O) groups excluding carboxylic acids is 1. The molecule has 0 unspecified atom stereocenters. The fourth-order valence-electron chi connectivity index (χ4n) is 4.51. The molecule has 9 heteroatoms. The average Bonchev–Trinajstić information content (AvgIpc) is 2.80. The number of amides is 1. The number of benzene rings is 1. The summed E-state index contributed by atoms with van der Waals surface area (Å²) in [5, 5.41) is 10.6. The molecule has 3 aromatic rings. The molecule has 0 radical (unpaired) electrons. The summed E-state index contributed by atoms with van der Waals surface area (Å²) in [6.45, 7) is 3.96. The van der Waals surface area contributed by atoms with Gasteiger partial charge in [0.05, 0.1) is 26.2 Å². The number of fused-ring (bicyclic) bond motifs is 3. The van der Waals surface area contributed by atoms with Gasteiger partial charge in [-0.2, -0.15) is 0 Å². The Hall–Kier alpha value is -3.46. The molecule has 5 rings (SSSR count). The number of hydrogen-bond donors (Lipinski definition) is 2. The maximum atomic E-state index is 13.2. The first-order valence-corrected chi connectivity index (χ1v) is 10.5. The molecule has 9 nitrogen and oxygen atoms in total. The molecular weight excluding hydrogens is 398 g/mol. The summed E-state index contributed by atoms with van der Waals surface area (Å²) in [5.41, 5.74) is 1.04. The van der Waals surface area contributed by atoms with E-state index < -0.39 is 5.63 Å². The smallest absolute Gasteiger partial charge is 0.360 e. The number of carbonyl (C=O) groups is 1. The Morgan fingerprint density at radius 2 is 1.94 bits per heavy atom. The van der Waals surface area contributed by atoms with Crippen molar-refractivity contribution in [2.24, 2.45) is 0 Å². The van der Waals surface area contributed by atoms with Crippen LogP contribution in [0.1, 0.15) is 12.0 Å². The molecular formula is C22H24N5O4+. The van der Waals surface area contributed by atoms with Crippen LogP contribution in [0.5, 0.6) is 5.75 Å². The van der Waals surface area contributed by atoms with Gasteiger partial charge in [0.15, 0.2) is 6.54 Å². The van der Waals surface area contributed by atoms with Crippen LogP contribution in [0.2, 0.25) is 0 Å². The number of aromatic nitrogens is 2. The van der Waals surface area contributed by atoms with Crippen molar-refractivity contribution < 1.29 is 19.2 Å². The zero-order chi connectivity index (χ0) is 21.4. The Morgan fingerprint density at radius 3 is 2.71 bits per heavy atom. The molecule has 1 aromatic carbocycles. The van der Waals surface area contributed by atoms with Crippen molar-refractivity contribution in [3.63, 3.8) is 0 Å². The minimum atomic E-state index is -0.498. The summed E-state index contributed by atoms with van der Waals surface area (Å²) in [5.74, 6) is 0.745. The number of aryl methyl sites for hydroxylation is 1. The van der Waals surface area contributed by atoms with E-state index in [1.807, 2.05) is 0 Å². The van der Waals surface area contributed by atoms with Gasteiger partial charge in [-0.3, -0.25) is 4.79 Å². The van der Waals surface area contributed by atoms with E-state index in [-0.39, 0.29) is 11.7 Å². The van der Waals surface area contributed by atoms with Crippen LogP contribution in [-0.4, -0.2) is 60.3 Å². The summed E-state index contributed by atoms with van der Waals surface area (Å²) in [7, 11) is 0. The van der Waals surface area contributed by atoms with E-state index in [0.717, 1.165) is 38.2 Å². The van der Waals surface area contributed by atoms with E-state index in [9.17, 15) is 14.7 Å². The molecule has 0 spiro atoms. The number of rotatable bonds is 3. The third kappa shape index (κ3) is 3.72. The van der Waals surface area contributed by atoms with E-state index >= 15 is 0 Å². The molecule has 2 aliphatic rings. The fraction of sp³-hybridized carbons (Fsp3) is 0.364. The van der Waals surface area contributed by atoms with Crippen molar-refractivity contribution in [1.82, 2.24) is 9.97 Å². The number of hydrogen-bond acceptors (Lipinski definition) is 7. The van der Waals surface area contributed by atoms with Crippen molar-refractivity contribution in [2.75, 3.05) is 49.1 Å². The van der Waals surface area contributed by atoms with Crippen LogP contribution in [0, 0.1) is 0 Å². The third-order valence-electron chi connectivity index (χ3n) is 6.06. The molecule has 0 aliphatic carbocycles. The topological polar surface area (TPSA) is 104 Å². The lowest BCUT2D eigenvalue weighted by Gasteiger charge is -2.34. The highest BCUT2D eigenvalue weighted by Gasteiger charge is 2.32. The number of nitrogens with one attached hydrogen (secondary N) is 1. The van der Waals surface area contributed by atoms with Crippen LogP contribution in [-0.2, 0) is 11.2 Å². The Bertz CT molecular complexity index is 1170. The second-order valence-electron chi connectivity index (χ2n) is 8.01. The van der Waals surface area contributed by atoms with Gasteiger partial charge in [0, 0.05) is 24.3 Å². The summed E-state index contributed by atoms with van der Waals surface area (Å²) in [6.07, 6.45) is 4.90. The number of phenols is 1. The average molecular weight is 422 g/mol. The highest BCUT2D eigenvalue weighted by molar-refractivity contribution is 5.98. The van der Waals surface area contributed by atoms with Gasteiger partial charge >= 0.3 is 5.63 Å². The quantitative estimate of drug-likeness (QED) is 0.572. The Morgan fingerprint density at radius 1 is 1.16 bits per heavy atom. The van der Waals surface area contributed by atoms with Crippen LogP contribution < -0.4 is 20.3 Å². The lowest BCUT2D eigenvalue weighted by Crippen LogP contribution is -3.16. The van der Waals surface area contributed by atoms with Crippen LogP contribution in [0.15, 0.2) is 45.9 Å². The van der Waals surface area contributed by atoms with Gasteiger partial charge in [-0.05, 0) is 42.7 Å². The number of nitrogens with zero attached hydrogens (tertiary/aromatic N) is 4. The minimum absolute atomic E-state index is 0.0767. The lowest BCUT2D eigenvalue weighted by molar-refractivity contribution is -0.892. The summed E-state index contributed by atoms with van der Waals surface area (Å²) < 4.78 is 5.46. The zero-order valence-corrected chi connectivity index (χ0v) is 17.1. The summed E-state index contributed by atoms with van der Waals surface area (Å²) >= 11 is 0. The van der Waals surface area contributed by atoms with Crippen molar-refractivity contribution in [1.29, 1.82) is 0 Å². The van der Waals surface area contributed by atoms with E-state index in [4.69, 9.17) is 4.42 Å². The van der Waals surface area contributed by atoms with Gasteiger partial charge in [0.2, 0.25) is 5.95 Å². The van der Waals surface area contributed by atoms with Crippen LogP contribution in [0.3, 0.4) is 0 Å². The second-order valence-corrected chi connectivity index (χ2v) is 8.01. The number of piperazine rings is 1. The minimum Gasteiger partial charge on any atom is -0.508 e.